The van der Waals surface area contributed by atoms with Gasteiger partial charge in [0.05, 0.1) is 0 Å². The number of halogens is 2. The maximum Gasteiger partial charge on any atom is 0.229 e. The van der Waals surface area contributed by atoms with Gasteiger partial charge < -0.3 is 10.6 Å². The van der Waals surface area contributed by atoms with E-state index in [0.717, 1.165) is 15.8 Å². The second kappa shape index (κ2) is 6.98. The van der Waals surface area contributed by atoms with Crippen LogP contribution < -0.4 is 10.6 Å². The van der Waals surface area contributed by atoms with Crippen LogP contribution in [0.1, 0.15) is 5.56 Å². The number of hydrogen-bond acceptors (Lipinski definition) is 4. The van der Waals surface area contributed by atoms with Crippen molar-refractivity contribution in [2.45, 2.75) is 6.92 Å². The van der Waals surface area contributed by atoms with E-state index < -0.39 is 0 Å². The number of aryl methyl sites for hydroxylation is 1. The second-order valence-electron chi connectivity index (χ2n) is 4.99. The van der Waals surface area contributed by atoms with Gasteiger partial charge in [0.15, 0.2) is 0 Å². The summed E-state index contributed by atoms with van der Waals surface area (Å²) in [5.41, 5.74) is 3.02. The molecule has 0 atom stereocenters. The van der Waals surface area contributed by atoms with Crippen molar-refractivity contribution in [1.29, 1.82) is 0 Å². The molecule has 0 unspecified atom stereocenters. The Morgan fingerprint density at radius 1 is 0.957 bits per heavy atom. The van der Waals surface area contributed by atoms with E-state index in [2.05, 4.69) is 36.5 Å². The molecule has 3 aromatic rings. The molecule has 1 aromatic heterocycles. The lowest BCUT2D eigenvalue weighted by Crippen LogP contribution is -2.00. The van der Waals surface area contributed by atoms with Crippen LogP contribution in [-0.4, -0.2) is 9.97 Å². The molecule has 2 aromatic carbocycles. The first-order valence-corrected chi connectivity index (χ1v) is 8.16. The fourth-order valence-corrected chi connectivity index (χ4v) is 2.47. The highest BCUT2D eigenvalue weighted by atomic mass is 79.9. The number of nitrogens with zero attached hydrogens (tertiary/aromatic N) is 2. The van der Waals surface area contributed by atoms with Gasteiger partial charge in [-0.2, -0.15) is 4.98 Å². The van der Waals surface area contributed by atoms with E-state index in [9.17, 15) is 0 Å². The van der Waals surface area contributed by atoms with E-state index in [0.29, 0.717) is 16.8 Å². The molecule has 2 N–H and O–H groups in total. The summed E-state index contributed by atoms with van der Waals surface area (Å²) in [6.07, 6.45) is 1.71. The largest absolute Gasteiger partial charge is 0.340 e. The summed E-state index contributed by atoms with van der Waals surface area (Å²) in [5, 5.41) is 7.10. The van der Waals surface area contributed by atoms with Crippen LogP contribution in [0.25, 0.3) is 0 Å². The summed E-state index contributed by atoms with van der Waals surface area (Å²) in [7, 11) is 0. The van der Waals surface area contributed by atoms with Gasteiger partial charge >= 0.3 is 0 Å². The first-order chi connectivity index (χ1) is 11.1. The Morgan fingerprint density at radius 3 is 2.43 bits per heavy atom. The van der Waals surface area contributed by atoms with Crippen molar-refractivity contribution in [2.75, 3.05) is 10.6 Å². The summed E-state index contributed by atoms with van der Waals surface area (Å²) in [6, 6.07) is 15.3. The Hall–Kier alpha value is -2.11. The predicted octanol–water partition coefficient (Wildman–Crippen LogP) is 5.69. The van der Waals surface area contributed by atoms with E-state index in [1.54, 1.807) is 6.20 Å². The van der Waals surface area contributed by atoms with Gasteiger partial charge in [-0.25, -0.2) is 4.98 Å². The fourth-order valence-electron chi connectivity index (χ4n) is 1.97. The molecule has 0 aliphatic carbocycles. The normalized spacial score (nSPS) is 10.4. The minimum absolute atomic E-state index is 0.517. The van der Waals surface area contributed by atoms with Crippen molar-refractivity contribution in [3.8, 4) is 0 Å². The summed E-state index contributed by atoms with van der Waals surface area (Å²) >= 11 is 9.41. The topological polar surface area (TPSA) is 49.8 Å². The minimum atomic E-state index is 0.517. The lowest BCUT2D eigenvalue weighted by molar-refractivity contribution is 1.16. The van der Waals surface area contributed by atoms with Gasteiger partial charge in [0.25, 0.3) is 0 Å². The molecule has 6 heteroatoms. The lowest BCUT2D eigenvalue weighted by Gasteiger charge is -2.09. The van der Waals surface area contributed by atoms with Gasteiger partial charge in [0, 0.05) is 27.1 Å². The second-order valence-corrected chi connectivity index (χ2v) is 6.28. The summed E-state index contributed by atoms with van der Waals surface area (Å²) in [6.45, 7) is 2.05. The standard InChI is InChI=1S/C17H14BrClN4/c1-11-2-5-14(10-15(11)18)21-16-8-9-20-17(23-16)22-13-6-3-12(19)4-7-13/h2-10H,1H3,(H2,20,21,22,23). The molecule has 1 heterocycles. The first-order valence-electron chi connectivity index (χ1n) is 6.99. The van der Waals surface area contributed by atoms with Gasteiger partial charge in [0.2, 0.25) is 5.95 Å². The monoisotopic (exact) mass is 388 g/mol. The molecular weight excluding hydrogens is 376 g/mol. The highest BCUT2D eigenvalue weighted by Crippen LogP contribution is 2.23. The maximum absolute atomic E-state index is 5.88. The van der Waals surface area contributed by atoms with Crippen molar-refractivity contribution in [3.05, 3.63) is 69.8 Å². The first kappa shape index (κ1) is 15.8. The van der Waals surface area contributed by atoms with E-state index >= 15 is 0 Å². The average Bonchev–Trinajstić information content (AvgIpc) is 2.54. The van der Waals surface area contributed by atoms with Crippen molar-refractivity contribution >= 4 is 50.7 Å². The average molecular weight is 390 g/mol. The van der Waals surface area contributed by atoms with E-state index in [1.807, 2.05) is 55.5 Å². The van der Waals surface area contributed by atoms with Crippen LogP contribution in [0.3, 0.4) is 0 Å². The molecule has 4 nitrogen and oxygen atoms in total. The van der Waals surface area contributed by atoms with Crippen LogP contribution in [0.2, 0.25) is 5.02 Å². The third kappa shape index (κ3) is 4.21. The van der Waals surface area contributed by atoms with Crippen LogP contribution >= 0.6 is 27.5 Å². The molecule has 3 rings (SSSR count). The number of aromatic nitrogens is 2. The summed E-state index contributed by atoms with van der Waals surface area (Å²) in [4.78, 5) is 8.68. The van der Waals surface area contributed by atoms with Gasteiger partial charge in [-0.1, -0.05) is 33.6 Å². The number of rotatable bonds is 4. The van der Waals surface area contributed by atoms with Gasteiger partial charge in [0.1, 0.15) is 5.82 Å². The molecule has 116 valence electrons. The third-order valence-corrected chi connectivity index (χ3v) is 4.31. The molecule has 23 heavy (non-hydrogen) atoms. The van der Waals surface area contributed by atoms with Crippen LogP contribution in [0.4, 0.5) is 23.1 Å². The Labute approximate surface area is 148 Å². The SMILES string of the molecule is Cc1ccc(Nc2ccnc(Nc3ccc(Cl)cc3)n2)cc1Br. The highest BCUT2D eigenvalue weighted by Gasteiger charge is 2.02. The molecule has 0 fully saturated rings. The van der Waals surface area contributed by atoms with Crippen LogP contribution in [0.5, 0.6) is 0 Å². The molecule has 0 aliphatic heterocycles. The highest BCUT2D eigenvalue weighted by molar-refractivity contribution is 9.10. The van der Waals surface area contributed by atoms with Crippen molar-refractivity contribution < 1.29 is 0 Å². The Balaban J connectivity index is 1.76. The molecule has 0 bridgehead atoms. The zero-order chi connectivity index (χ0) is 16.2. The minimum Gasteiger partial charge on any atom is -0.340 e. The predicted molar refractivity (Wildman–Crippen MR) is 98.9 cm³/mol. The molecule has 0 amide bonds. The van der Waals surface area contributed by atoms with Crippen LogP contribution in [-0.2, 0) is 0 Å². The Bertz CT molecular complexity index is 821. The summed E-state index contributed by atoms with van der Waals surface area (Å²) in [5.74, 6) is 1.23. The zero-order valence-corrected chi connectivity index (χ0v) is 14.7. The number of anilines is 4. The third-order valence-electron chi connectivity index (χ3n) is 3.20. The maximum atomic E-state index is 5.88. The number of nitrogens with one attached hydrogen (secondary N) is 2. The number of benzene rings is 2. The van der Waals surface area contributed by atoms with Crippen LogP contribution in [0, 0.1) is 6.92 Å². The van der Waals surface area contributed by atoms with E-state index in [1.165, 1.54) is 5.56 Å². The zero-order valence-electron chi connectivity index (χ0n) is 12.3. The van der Waals surface area contributed by atoms with Crippen molar-refractivity contribution in [3.63, 3.8) is 0 Å². The lowest BCUT2D eigenvalue weighted by atomic mass is 10.2. The Kier molecular flexibility index (Phi) is 4.79. The Morgan fingerprint density at radius 2 is 1.70 bits per heavy atom. The molecular formula is C17H14BrClN4. The molecule has 0 radical (unpaired) electrons. The fraction of sp³-hybridized carbons (Fsp3) is 0.0588. The molecule has 0 spiro atoms. The molecule has 0 saturated heterocycles. The number of hydrogen-bond donors (Lipinski definition) is 2. The summed E-state index contributed by atoms with van der Waals surface area (Å²) < 4.78 is 1.05. The van der Waals surface area contributed by atoms with Gasteiger partial charge in [-0.05, 0) is 55.0 Å². The van der Waals surface area contributed by atoms with Gasteiger partial charge in [-0.15, -0.1) is 0 Å². The molecule has 0 saturated carbocycles. The molecule has 0 aliphatic rings. The van der Waals surface area contributed by atoms with Crippen LogP contribution in [0.15, 0.2) is 59.2 Å². The van der Waals surface area contributed by atoms with E-state index in [-0.39, 0.29) is 0 Å². The van der Waals surface area contributed by atoms with E-state index in [4.69, 9.17) is 11.6 Å². The smallest absolute Gasteiger partial charge is 0.229 e. The quantitative estimate of drug-likeness (QED) is 0.602. The van der Waals surface area contributed by atoms with Crippen molar-refractivity contribution in [1.82, 2.24) is 9.97 Å². The van der Waals surface area contributed by atoms with Gasteiger partial charge in [-0.3, -0.25) is 0 Å². The van der Waals surface area contributed by atoms with Crippen molar-refractivity contribution in [2.24, 2.45) is 0 Å².